The third kappa shape index (κ3) is 4.92. The lowest BCUT2D eigenvalue weighted by Gasteiger charge is -2.58. The first-order valence-electron chi connectivity index (χ1n) is 8.75. The molecule has 0 aromatic rings. The molecular formula is C20H30I2O2. The maximum Gasteiger partial charge on any atom is 0.146 e. The van der Waals surface area contributed by atoms with Gasteiger partial charge in [-0.25, -0.2) is 0 Å². The molecule has 0 bridgehead atoms. The third-order valence-corrected chi connectivity index (χ3v) is 6.41. The summed E-state index contributed by atoms with van der Waals surface area (Å²) in [6, 6.07) is 0. The first-order chi connectivity index (χ1) is 11.3. The topological polar surface area (TPSA) is 34.1 Å². The average Bonchev–Trinajstić information content (AvgIpc) is 2.54. The van der Waals surface area contributed by atoms with Crippen molar-refractivity contribution >= 4 is 49.8 Å². The molecule has 136 valence electrons. The molecular weight excluding hydrogens is 526 g/mol. The Morgan fingerprint density at radius 3 is 2.50 bits per heavy atom. The minimum Gasteiger partial charge on any atom is -0.303 e. The van der Waals surface area contributed by atoms with Gasteiger partial charge < -0.3 is 4.79 Å². The Morgan fingerprint density at radius 2 is 1.92 bits per heavy atom. The Kier molecular flexibility index (Phi) is 9.15. The first-order valence-corrected chi connectivity index (χ1v) is 15.0. The van der Waals surface area contributed by atoms with Gasteiger partial charge in [-0.05, 0) is 60.3 Å². The molecule has 2 fully saturated rings. The summed E-state index contributed by atoms with van der Waals surface area (Å²) in [6.45, 7) is 11.6. The monoisotopic (exact) mass is 556 g/mol. The van der Waals surface area contributed by atoms with Gasteiger partial charge in [0, 0.05) is 43.7 Å². The van der Waals surface area contributed by atoms with Crippen LogP contribution >= 0.6 is 37.2 Å². The number of hydrogen-bond donors (Lipinski definition) is 0. The maximum atomic E-state index is 11.1. The van der Waals surface area contributed by atoms with Crippen LogP contribution in [0.2, 0.25) is 0 Å². The normalized spacial score (nSPS) is 32.2. The smallest absolute Gasteiger partial charge is 0.146 e. The lowest BCUT2D eigenvalue weighted by molar-refractivity contribution is -0.109. The van der Waals surface area contributed by atoms with Gasteiger partial charge in [-0.1, -0.05) is 45.4 Å². The SMILES string of the molecule is C=C1CCC2C(C)(C)CCCC2(C)C1C/C=C(/C=O)CC=O.II. The standard InChI is InChI=1S/C20H30O2.I2/c1-15-6-9-18-19(2,3)11-5-12-20(18,4)17(15)8-7-16(14-22)10-13-21;1-2/h7,13-14,17-18H,1,5-6,8-12H2,2-4H3;/b16-7+;. The van der Waals surface area contributed by atoms with Crippen LogP contribution < -0.4 is 0 Å². The predicted octanol–water partition coefficient (Wildman–Crippen LogP) is 6.66. The van der Waals surface area contributed by atoms with E-state index in [-0.39, 0.29) is 11.8 Å². The second-order valence-electron chi connectivity index (χ2n) is 8.15. The summed E-state index contributed by atoms with van der Waals surface area (Å²) in [5, 5.41) is 0. The number of hydrogen-bond acceptors (Lipinski definition) is 2. The molecule has 2 rings (SSSR count). The highest BCUT2D eigenvalue weighted by Crippen LogP contribution is 2.61. The number of allylic oxidation sites excluding steroid dienone is 3. The van der Waals surface area contributed by atoms with Crippen molar-refractivity contribution in [2.45, 2.75) is 65.7 Å². The summed E-state index contributed by atoms with van der Waals surface area (Å²) in [7, 11) is 0. The van der Waals surface area contributed by atoms with E-state index in [1.807, 2.05) is 6.08 Å². The Labute approximate surface area is 170 Å². The van der Waals surface area contributed by atoms with E-state index in [0.29, 0.717) is 16.9 Å². The van der Waals surface area contributed by atoms with Crippen molar-refractivity contribution in [3.8, 4) is 0 Å². The van der Waals surface area contributed by atoms with Crippen molar-refractivity contribution in [3.05, 3.63) is 23.8 Å². The van der Waals surface area contributed by atoms with Gasteiger partial charge in [0.15, 0.2) is 0 Å². The van der Waals surface area contributed by atoms with Crippen LogP contribution in [0, 0.1) is 22.7 Å². The van der Waals surface area contributed by atoms with Crippen LogP contribution in [0.25, 0.3) is 0 Å². The van der Waals surface area contributed by atoms with Gasteiger partial charge in [0.25, 0.3) is 0 Å². The number of fused-ring (bicyclic) bond motifs is 1. The molecule has 24 heavy (non-hydrogen) atoms. The van der Waals surface area contributed by atoms with Crippen LogP contribution in [0.4, 0.5) is 0 Å². The Balaban J connectivity index is 0.00000139. The van der Waals surface area contributed by atoms with Crippen LogP contribution in [-0.4, -0.2) is 12.6 Å². The molecule has 2 aliphatic carbocycles. The van der Waals surface area contributed by atoms with Crippen LogP contribution in [0.5, 0.6) is 0 Å². The molecule has 0 aliphatic heterocycles. The van der Waals surface area contributed by atoms with Crippen LogP contribution in [0.15, 0.2) is 23.8 Å². The third-order valence-electron chi connectivity index (χ3n) is 6.41. The van der Waals surface area contributed by atoms with Crippen molar-refractivity contribution in [1.29, 1.82) is 0 Å². The van der Waals surface area contributed by atoms with Crippen LogP contribution in [0.1, 0.15) is 65.7 Å². The van der Waals surface area contributed by atoms with Gasteiger partial charge in [0.05, 0.1) is 0 Å². The molecule has 0 amide bonds. The van der Waals surface area contributed by atoms with Crippen molar-refractivity contribution in [1.82, 2.24) is 0 Å². The van der Waals surface area contributed by atoms with Gasteiger partial charge in [-0.15, -0.1) is 0 Å². The van der Waals surface area contributed by atoms with Gasteiger partial charge in [0.2, 0.25) is 0 Å². The second-order valence-corrected chi connectivity index (χ2v) is 8.15. The molecule has 4 heteroatoms. The summed E-state index contributed by atoms with van der Waals surface area (Å²) in [5.74, 6) is 1.16. The summed E-state index contributed by atoms with van der Waals surface area (Å²) in [4.78, 5) is 21.7. The van der Waals surface area contributed by atoms with Crippen molar-refractivity contribution in [3.63, 3.8) is 0 Å². The fraction of sp³-hybridized carbons (Fsp3) is 0.700. The molecule has 0 aromatic heterocycles. The fourth-order valence-electron chi connectivity index (χ4n) is 5.25. The van der Waals surface area contributed by atoms with Crippen molar-refractivity contribution in [2.75, 3.05) is 0 Å². The highest BCUT2D eigenvalue weighted by Gasteiger charge is 2.52. The molecule has 0 spiro atoms. The lowest BCUT2D eigenvalue weighted by atomic mass is 9.47. The summed E-state index contributed by atoms with van der Waals surface area (Å²) in [5.41, 5.74) is 2.63. The second kappa shape index (κ2) is 9.83. The molecule has 2 aliphatic rings. The van der Waals surface area contributed by atoms with Crippen LogP contribution in [-0.2, 0) is 9.59 Å². The van der Waals surface area contributed by atoms with E-state index < -0.39 is 0 Å². The molecule has 0 radical (unpaired) electrons. The summed E-state index contributed by atoms with van der Waals surface area (Å²) >= 11 is 4.24. The van der Waals surface area contributed by atoms with Gasteiger partial charge >= 0.3 is 0 Å². The minimum atomic E-state index is 0.230. The zero-order valence-electron chi connectivity index (χ0n) is 15.1. The van der Waals surface area contributed by atoms with Crippen molar-refractivity contribution in [2.24, 2.45) is 22.7 Å². The highest BCUT2D eigenvalue weighted by atomic mass is 128. The number of rotatable bonds is 5. The fourth-order valence-corrected chi connectivity index (χ4v) is 5.25. The zero-order valence-corrected chi connectivity index (χ0v) is 19.4. The average molecular weight is 556 g/mol. The van der Waals surface area contributed by atoms with Gasteiger partial charge in [0.1, 0.15) is 12.6 Å². The largest absolute Gasteiger partial charge is 0.303 e. The molecule has 2 saturated carbocycles. The van der Waals surface area contributed by atoms with Gasteiger partial charge in [-0.2, -0.15) is 0 Å². The molecule has 3 atom stereocenters. The Hall–Kier alpha value is 0.280. The van der Waals surface area contributed by atoms with E-state index in [1.165, 1.54) is 31.3 Å². The highest BCUT2D eigenvalue weighted by molar-refractivity contribution is 15.0. The lowest BCUT2D eigenvalue weighted by Crippen LogP contribution is -2.49. The molecule has 0 N–H and O–H groups in total. The van der Waals surface area contributed by atoms with Gasteiger partial charge in [-0.3, -0.25) is 4.79 Å². The predicted molar refractivity (Wildman–Crippen MR) is 119 cm³/mol. The van der Waals surface area contributed by atoms with E-state index in [1.54, 1.807) is 0 Å². The number of aldehydes is 2. The quantitative estimate of drug-likeness (QED) is 0.164. The molecule has 0 saturated heterocycles. The molecule has 2 nitrogen and oxygen atoms in total. The molecule has 3 unspecified atom stereocenters. The Bertz CT molecular complexity index is 496. The van der Waals surface area contributed by atoms with Crippen molar-refractivity contribution < 1.29 is 9.59 Å². The zero-order chi connectivity index (χ0) is 18.4. The number of carbonyl (C=O) groups is 2. The summed E-state index contributed by atoms with van der Waals surface area (Å²) < 4.78 is 0. The molecule has 0 aromatic carbocycles. The number of carbonyl (C=O) groups excluding carboxylic acids is 2. The van der Waals surface area contributed by atoms with E-state index in [4.69, 9.17) is 0 Å². The van der Waals surface area contributed by atoms with E-state index >= 15 is 0 Å². The van der Waals surface area contributed by atoms with E-state index in [2.05, 4.69) is 64.6 Å². The Morgan fingerprint density at radius 1 is 1.25 bits per heavy atom. The maximum absolute atomic E-state index is 11.1. The van der Waals surface area contributed by atoms with E-state index in [9.17, 15) is 9.59 Å². The van der Waals surface area contributed by atoms with E-state index in [0.717, 1.165) is 31.3 Å². The minimum absolute atomic E-state index is 0.230. The first kappa shape index (κ1) is 22.3. The summed E-state index contributed by atoms with van der Waals surface area (Å²) in [6.07, 6.45) is 10.9. The van der Waals surface area contributed by atoms with Crippen LogP contribution in [0.3, 0.4) is 0 Å². The molecule has 0 heterocycles. The number of halogens is 2.